The molecule has 0 saturated heterocycles. The molecule has 7 nitrogen and oxygen atoms in total. The first-order chi connectivity index (χ1) is 12.5. The van der Waals surface area contributed by atoms with Crippen LogP contribution >= 0.6 is 0 Å². The molecule has 0 bridgehead atoms. The van der Waals surface area contributed by atoms with Gasteiger partial charge in [0.1, 0.15) is 0 Å². The van der Waals surface area contributed by atoms with Gasteiger partial charge in [-0.2, -0.15) is 5.10 Å². The summed E-state index contributed by atoms with van der Waals surface area (Å²) in [6.07, 6.45) is 3.70. The van der Waals surface area contributed by atoms with Crippen LogP contribution in [0.25, 0.3) is 0 Å². The van der Waals surface area contributed by atoms with Crippen molar-refractivity contribution in [2.75, 3.05) is 32.5 Å². The van der Waals surface area contributed by atoms with Crippen molar-refractivity contribution in [2.45, 2.75) is 25.6 Å². The Kier molecular flexibility index (Phi) is 6.42. The number of benzene rings is 1. The number of rotatable bonds is 9. The fourth-order valence-corrected chi connectivity index (χ4v) is 3.71. The summed E-state index contributed by atoms with van der Waals surface area (Å²) in [4.78, 5) is 2.34. The van der Waals surface area contributed by atoms with Gasteiger partial charge < -0.3 is 4.74 Å². The molecular weight excluding hydrogens is 352 g/mol. The summed E-state index contributed by atoms with van der Waals surface area (Å²) in [7, 11) is -3.16. The van der Waals surface area contributed by atoms with Gasteiger partial charge in [0, 0.05) is 32.4 Å². The van der Waals surface area contributed by atoms with Gasteiger partial charge in [0.25, 0.3) is 0 Å². The van der Waals surface area contributed by atoms with E-state index in [2.05, 4.69) is 26.9 Å². The van der Waals surface area contributed by atoms with Crippen LogP contribution in [0, 0.1) is 0 Å². The molecule has 1 aromatic carbocycles. The van der Waals surface area contributed by atoms with Gasteiger partial charge in [0.05, 0.1) is 31.2 Å². The third kappa shape index (κ3) is 5.63. The van der Waals surface area contributed by atoms with Gasteiger partial charge in [-0.15, -0.1) is 0 Å². The lowest BCUT2D eigenvalue weighted by Gasteiger charge is -2.33. The minimum absolute atomic E-state index is 0.164. The predicted molar refractivity (Wildman–Crippen MR) is 100 cm³/mol. The Hall–Kier alpha value is -1.74. The molecule has 0 unspecified atom stereocenters. The summed E-state index contributed by atoms with van der Waals surface area (Å²) in [5.74, 6) is 0. The number of sulfonamides is 1. The van der Waals surface area contributed by atoms with Crippen molar-refractivity contribution in [2.24, 2.45) is 0 Å². The van der Waals surface area contributed by atoms with E-state index >= 15 is 0 Å². The summed E-state index contributed by atoms with van der Waals surface area (Å²) in [5, 5.41) is 4.41. The molecule has 26 heavy (non-hydrogen) atoms. The molecule has 0 aliphatic carbocycles. The highest BCUT2D eigenvalue weighted by molar-refractivity contribution is 7.88. The number of nitrogens with zero attached hydrogens (tertiary/aromatic N) is 3. The first-order valence-electron chi connectivity index (χ1n) is 8.82. The van der Waals surface area contributed by atoms with Crippen molar-refractivity contribution in [3.63, 3.8) is 0 Å². The smallest absolute Gasteiger partial charge is 0.208 e. The van der Waals surface area contributed by atoms with E-state index in [4.69, 9.17) is 4.74 Å². The Morgan fingerprint density at radius 3 is 2.85 bits per heavy atom. The lowest BCUT2D eigenvalue weighted by Crippen LogP contribution is -2.40. The van der Waals surface area contributed by atoms with E-state index < -0.39 is 10.0 Å². The number of aromatic nitrogens is 2. The van der Waals surface area contributed by atoms with Gasteiger partial charge in [-0.25, -0.2) is 13.1 Å². The first-order valence-corrected chi connectivity index (χ1v) is 10.7. The Bertz CT molecular complexity index is 792. The molecule has 0 saturated carbocycles. The Labute approximate surface area is 155 Å². The second-order valence-corrected chi connectivity index (χ2v) is 8.48. The van der Waals surface area contributed by atoms with Crippen molar-refractivity contribution in [3.05, 3.63) is 53.9 Å². The molecule has 8 heteroatoms. The van der Waals surface area contributed by atoms with E-state index in [1.807, 2.05) is 35.1 Å². The number of fused-ring (bicyclic) bond motifs is 1. The lowest BCUT2D eigenvalue weighted by atomic mass is 10.1. The molecule has 2 aromatic rings. The minimum Gasteiger partial charge on any atom is -0.375 e. The topological polar surface area (TPSA) is 76.5 Å². The van der Waals surface area contributed by atoms with E-state index in [0.29, 0.717) is 26.2 Å². The molecule has 0 amide bonds. The van der Waals surface area contributed by atoms with Gasteiger partial charge in [-0.05, 0) is 18.1 Å². The standard InChI is InChI=1S/C18H26N4O3S/c1-26(23,24)20-10-8-18-14-21(13-17-7-9-19-22(17)18)11-12-25-15-16-5-3-2-4-6-16/h2-7,9,18,20H,8,10-15H2,1H3/t18-/m0/s1. The molecule has 1 N–H and O–H groups in total. The van der Waals surface area contributed by atoms with Crippen LogP contribution in [0.4, 0.5) is 0 Å². The van der Waals surface area contributed by atoms with E-state index in [0.717, 1.165) is 25.3 Å². The average Bonchev–Trinajstić information content (AvgIpc) is 3.07. The van der Waals surface area contributed by atoms with Crippen LogP contribution in [0.1, 0.15) is 23.7 Å². The van der Waals surface area contributed by atoms with Crippen molar-refractivity contribution >= 4 is 10.0 Å². The normalized spacial score (nSPS) is 18.0. The van der Waals surface area contributed by atoms with E-state index in [9.17, 15) is 8.42 Å². The summed E-state index contributed by atoms with van der Waals surface area (Å²) < 4.78 is 32.9. The van der Waals surface area contributed by atoms with E-state index in [-0.39, 0.29) is 6.04 Å². The molecular formula is C18H26N4O3S. The van der Waals surface area contributed by atoms with Crippen LogP contribution in [0.15, 0.2) is 42.6 Å². The highest BCUT2D eigenvalue weighted by atomic mass is 32.2. The Balaban J connectivity index is 1.48. The van der Waals surface area contributed by atoms with Crippen LogP contribution in [0.2, 0.25) is 0 Å². The summed E-state index contributed by atoms with van der Waals surface area (Å²) in [5.41, 5.74) is 2.33. The maximum Gasteiger partial charge on any atom is 0.208 e. The number of hydrogen-bond donors (Lipinski definition) is 1. The van der Waals surface area contributed by atoms with Crippen LogP contribution in [-0.2, 0) is 27.9 Å². The van der Waals surface area contributed by atoms with Gasteiger partial charge in [-0.3, -0.25) is 9.58 Å². The van der Waals surface area contributed by atoms with Crippen molar-refractivity contribution in [3.8, 4) is 0 Å². The van der Waals surface area contributed by atoms with Gasteiger partial charge in [0.15, 0.2) is 0 Å². The molecule has 0 radical (unpaired) electrons. The maximum atomic E-state index is 11.3. The third-order valence-electron chi connectivity index (χ3n) is 4.46. The van der Waals surface area contributed by atoms with Crippen LogP contribution in [-0.4, -0.2) is 55.6 Å². The van der Waals surface area contributed by atoms with Gasteiger partial charge in [-0.1, -0.05) is 30.3 Å². The molecule has 0 spiro atoms. The quantitative estimate of drug-likeness (QED) is 0.668. The van der Waals surface area contributed by atoms with Crippen LogP contribution < -0.4 is 4.72 Å². The maximum absolute atomic E-state index is 11.3. The Morgan fingerprint density at radius 1 is 1.27 bits per heavy atom. The van der Waals surface area contributed by atoms with Crippen molar-refractivity contribution in [1.82, 2.24) is 19.4 Å². The second-order valence-electron chi connectivity index (χ2n) is 6.65. The molecule has 0 fully saturated rings. The zero-order valence-corrected chi connectivity index (χ0v) is 15.9. The van der Waals surface area contributed by atoms with Gasteiger partial charge >= 0.3 is 0 Å². The van der Waals surface area contributed by atoms with Crippen molar-refractivity contribution in [1.29, 1.82) is 0 Å². The van der Waals surface area contributed by atoms with Gasteiger partial charge in [0.2, 0.25) is 10.0 Å². The lowest BCUT2D eigenvalue weighted by molar-refractivity contribution is 0.0745. The molecule has 3 rings (SSSR count). The van der Waals surface area contributed by atoms with E-state index in [1.54, 1.807) is 0 Å². The number of ether oxygens (including phenoxy) is 1. The highest BCUT2D eigenvalue weighted by Gasteiger charge is 2.25. The van der Waals surface area contributed by atoms with E-state index in [1.165, 1.54) is 11.8 Å². The monoisotopic (exact) mass is 378 g/mol. The average molecular weight is 378 g/mol. The first kappa shape index (κ1) is 19.0. The zero-order valence-electron chi connectivity index (χ0n) is 15.0. The second kappa shape index (κ2) is 8.77. The fourth-order valence-electron chi connectivity index (χ4n) is 3.22. The number of nitrogens with one attached hydrogen (secondary N) is 1. The fraction of sp³-hybridized carbons (Fsp3) is 0.500. The minimum atomic E-state index is -3.16. The molecule has 142 valence electrons. The van der Waals surface area contributed by atoms with Crippen LogP contribution in [0.5, 0.6) is 0 Å². The largest absolute Gasteiger partial charge is 0.375 e. The highest BCUT2D eigenvalue weighted by Crippen LogP contribution is 2.22. The zero-order chi connectivity index (χ0) is 18.4. The predicted octanol–water partition coefficient (Wildman–Crippen LogP) is 1.40. The third-order valence-corrected chi connectivity index (χ3v) is 5.19. The Morgan fingerprint density at radius 2 is 2.08 bits per heavy atom. The molecule has 2 heterocycles. The van der Waals surface area contributed by atoms with Crippen molar-refractivity contribution < 1.29 is 13.2 Å². The molecule has 1 aliphatic rings. The SMILES string of the molecule is CS(=O)(=O)NCC[C@H]1CN(CCOCc2ccccc2)Cc2ccnn21. The summed E-state index contributed by atoms with van der Waals surface area (Å²) in [6.45, 7) is 4.22. The van der Waals surface area contributed by atoms with Crippen LogP contribution in [0.3, 0.4) is 0 Å². The summed E-state index contributed by atoms with van der Waals surface area (Å²) in [6, 6.07) is 12.3. The molecule has 1 atom stereocenters. The summed E-state index contributed by atoms with van der Waals surface area (Å²) >= 11 is 0. The molecule has 1 aliphatic heterocycles. The molecule has 1 aromatic heterocycles. The number of hydrogen-bond acceptors (Lipinski definition) is 5.